The van der Waals surface area contributed by atoms with E-state index in [2.05, 4.69) is 0 Å². The maximum atomic E-state index is 13.0. The first kappa shape index (κ1) is 12.9. The zero-order chi connectivity index (χ0) is 13.3. The number of benzene rings is 2. The Morgan fingerprint density at radius 1 is 1.00 bits per heavy atom. The van der Waals surface area contributed by atoms with Crippen LogP contribution in [0.1, 0.15) is 25.0 Å². The normalized spacial score (nSPS) is 12.3. The van der Waals surface area contributed by atoms with Crippen molar-refractivity contribution in [2.24, 2.45) is 5.92 Å². The molecule has 2 aromatic rings. The van der Waals surface area contributed by atoms with Gasteiger partial charge in [-0.15, -0.1) is 0 Å². The molecule has 0 N–H and O–H groups in total. The van der Waals surface area contributed by atoms with E-state index in [0.717, 1.165) is 5.39 Å². The van der Waals surface area contributed by atoms with Crippen LogP contribution in [-0.2, 0) is 12.6 Å². The van der Waals surface area contributed by atoms with E-state index in [1.54, 1.807) is 18.2 Å². The van der Waals surface area contributed by atoms with Crippen molar-refractivity contribution in [2.45, 2.75) is 26.4 Å². The smallest absolute Gasteiger partial charge is 0.166 e. The molecule has 0 saturated heterocycles. The third kappa shape index (κ3) is 2.50. The highest BCUT2D eigenvalue weighted by Gasteiger charge is 2.33. The van der Waals surface area contributed by atoms with Gasteiger partial charge in [-0.3, -0.25) is 0 Å². The van der Waals surface area contributed by atoms with Crippen molar-refractivity contribution < 1.29 is 13.2 Å². The standard InChI is InChI=1S/C15H15F3/c1-10(2)9-13-12-6-4-3-5-11(12)7-8-14(13)15(16,17)18/h3-8,10H,9H2,1-2H3. The molecule has 0 nitrogen and oxygen atoms in total. The summed E-state index contributed by atoms with van der Waals surface area (Å²) in [6, 6.07) is 9.98. The third-order valence-corrected chi connectivity index (χ3v) is 2.96. The molecule has 0 bridgehead atoms. The number of hydrogen-bond donors (Lipinski definition) is 0. The number of hydrogen-bond acceptors (Lipinski definition) is 0. The molecule has 0 aromatic heterocycles. The highest BCUT2D eigenvalue weighted by Crippen LogP contribution is 2.36. The quantitative estimate of drug-likeness (QED) is 0.701. The van der Waals surface area contributed by atoms with Gasteiger partial charge in [-0.25, -0.2) is 0 Å². The van der Waals surface area contributed by atoms with Crippen molar-refractivity contribution in [3.05, 3.63) is 47.5 Å². The van der Waals surface area contributed by atoms with Crippen molar-refractivity contribution in [1.29, 1.82) is 0 Å². The molecular formula is C15H15F3. The molecule has 96 valence electrons. The molecule has 0 aliphatic heterocycles. The van der Waals surface area contributed by atoms with E-state index >= 15 is 0 Å². The Kier molecular flexibility index (Phi) is 3.33. The first-order valence-electron chi connectivity index (χ1n) is 5.97. The first-order valence-corrected chi connectivity index (χ1v) is 5.97. The van der Waals surface area contributed by atoms with Gasteiger partial charge in [-0.2, -0.15) is 13.2 Å². The Morgan fingerprint density at radius 3 is 2.28 bits per heavy atom. The molecule has 0 aliphatic rings. The van der Waals surface area contributed by atoms with Gasteiger partial charge in [0, 0.05) is 0 Å². The van der Waals surface area contributed by atoms with Crippen molar-refractivity contribution in [2.75, 3.05) is 0 Å². The van der Waals surface area contributed by atoms with Gasteiger partial charge in [0.25, 0.3) is 0 Å². The average Bonchev–Trinajstić information content (AvgIpc) is 2.27. The zero-order valence-corrected chi connectivity index (χ0v) is 10.4. The Labute approximate surface area is 104 Å². The Bertz CT molecular complexity index is 553. The number of alkyl halides is 3. The van der Waals surface area contributed by atoms with E-state index in [0.29, 0.717) is 17.4 Å². The second-order valence-electron chi connectivity index (χ2n) is 4.91. The van der Waals surface area contributed by atoms with Crippen LogP contribution >= 0.6 is 0 Å². The van der Waals surface area contributed by atoms with Crippen molar-refractivity contribution >= 4 is 10.8 Å². The van der Waals surface area contributed by atoms with Gasteiger partial charge in [-0.1, -0.05) is 44.2 Å². The van der Waals surface area contributed by atoms with E-state index in [1.807, 2.05) is 26.0 Å². The first-order chi connectivity index (χ1) is 8.39. The van der Waals surface area contributed by atoms with Crippen LogP contribution in [-0.4, -0.2) is 0 Å². The van der Waals surface area contributed by atoms with Crippen LogP contribution in [0.5, 0.6) is 0 Å². The molecule has 0 saturated carbocycles. The molecule has 3 heteroatoms. The van der Waals surface area contributed by atoms with Crippen LogP contribution in [0.25, 0.3) is 10.8 Å². The average molecular weight is 252 g/mol. The Hall–Kier alpha value is -1.51. The van der Waals surface area contributed by atoms with Gasteiger partial charge in [0.1, 0.15) is 0 Å². The van der Waals surface area contributed by atoms with Crippen molar-refractivity contribution in [1.82, 2.24) is 0 Å². The predicted octanol–water partition coefficient (Wildman–Crippen LogP) is 5.06. The molecule has 0 amide bonds. The molecule has 0 spiro atoms. The topological polar surface area (TPSA) is 0 Å². The third-order valence-electron chi connectivity index (χ3n) is 2.96. The summed E-state index contributed by atoms with van der Waals surface area (Å²) in [4.78, 5) is 0. The zero-order valence-electron chi connectivity index (χ0n) is 10.4. The summed E-state index contributed by atoms with van der Waals surface area (Å²) in [5, 5.41) is 1.57. The summed E-state index contributed by atoms with van der Waals surface area (Å²) in [6.07, 6.45) is -3.84. The lowest BCUT2D eigenvalue weighted by molar-refractivity contribution is -0.138. The summed E-state index contributed by atoms with van der Waals surface area (Å²) >= 11 is 0. The van der Waals surface area contributed by atoms with Crippen LogP contribution in [0, 0.1) is 5.92 Å². The number of fused-ring (bicyclic) bond motifs is 1. The van der Waals surface area contributed by atoms with E-state index in [9.17, 15) is 13.2 Å². The fraction of sp³-hybridized carbons (Fsp3) is 0.333. The maximum Gasteiger partial charge on any atom is 0.416 e. The fourth-order valence-corrected chi connectivity index (χ4v) is 2.23. The molecule has 0 atom stereocenters. The molecule has 0 heterocycles. The number of halogens is 3. The van der Waals surface area contributed by atoms with Crippen molar-refractivity contribution in [3.8, 4) is 0 Å². The summed E-state index contributed by atoms with van der Waals surface area (Å²) in [7, 11) is 0. The molecule has 2 rings (SSSR count). The molecule has 0 fully saturated rings. The monoisotopic (exact) mass is 252 g/mol. The molecule has 0 radical (unpaired) electrons. The minimum absolute atomic E-state index is 0.192. The largest absolute Gasteiger partial charge is 0.416 e. The van der Waals surface area contributed by atoms with E-state index < -0.39 is 11.7 Å². The van der Waals surface area contributed by atoms with Gasteiger partial charge in [0.15, 0.2) is 0 Å². The van der Waals surface area contributed by atoms with Crippen LogP contribution in [0.4, 0.5) is 13.2 Å². The lowest BCUT2D eigenvalue weighted by atomic mass is 9.92. The highest BCUT2D eigenvalue weighted by atomic mass is 19.4. The van der Waals surface area contributed by atoms with Crippen LogP contribution in [0.2, 0.25) is 0 Å². The molecule has 18 heavy (non-hydrogen) atoms. The van der Waals surface area contributed by atoms with E-state index in [-0.39, 0.29) is 5.92 Å². The Morgan fingerprint density at radius 2 is 1.67 bits per heavy atom. The minimum Gasteiger partial charge on any atom is -0.166 e. The second kappa shape index (κ2) is 4.63. The van der Waals surface area contributed by atoms with E-state index in [4.69, 9.17) is 0 Å². The summed E-state index contributed by atoms with van der Waals surface area (Å²) in [5.74, 6) is 0.192. The van der Waals surface area contributed by atoms with Gasteiger partial charge in [0.05, 0.1) is 5.56 Å². The van der Waals surface area contributed by atoms with Gasteiger partial charge in [0.2, 0.25) is 0 Å². The molecule has 2 aromatic carbocycles. The fourth-order valence-electron chi connectivity index (χ4n) is 2.23. The van der Waals surface area contributed by atoms with Crippen LogP contribution < -0.4 is 0 Å². The summed E-state index contributed by atoms with van der Waals surface area (Å²) in [5.41, 5.74) is -0.0921. The van der Waals surface area contributed by atoms with Crippen molar-refractivity contribution in [3.63, 3.8) is 0 Å². The maximum absolute atomic E-state index is 13.0. The Balaban J connectivity index is 2.71. The lowest BCUT2D eigenvalue weighted by Crippen LogP contribution is -2.11. The summed E-state index contributed by atoms with van der Waals surface area (Å²) < 4.78 is 39.1. The highest BCUT2D eigenvalue weighted by molar-refractivity contribution is 5.87. The SMILES string of the molecule is CC(C)Cc1c(C(F)(F)F)ccc2ccccc12. The summed E-state index contributed by atoms with van der Waals surface area (Å²) in [6.45, 7) is 3.86. The molecule has 0 aliphatic carbocycles. The molecular weight excluding hydrogens is 237 g/mol. The van der Waals surface area contributed by atoms with Gasteiger partial charge < -0.3 is 0 Å². The van der Waals surface area contributed by atoms with Crippen LogP contribution in [0.3, 0.4) is 0 Å². The minimum atomic E-state index is -4.28. The number of rotatable bonds is 2. The second-order valence-corrected chi connectivity index (χ2v) is 4.91. The van der Waals surface area contributed by atoms with Gasteiger partial charge >= 0.3 is 6.18 Å². The predicted molar refractivity (Wildman–Crippen MR) is 67.5 cm³/mol. The van der Waals surface area contributed by atoms with E-state index in [1.165, 1.54) is 6.07 Å². The lowest BCUT2D eigenvalue weighted by Gasteiger charge is -2.17. The molecule has 0 unspecified atom stereocenters. The van der Waals surface area contributed by atoms with Crippen LogP contribution in [0.15, 0.2) is 36.4 Å². The van der Waals surface area contributed by atoms with Gasteiger partial charge in [-0.05, 0) is 34.7 Å².